The van der Waals surface area contributed by atoms with Gasteiger partial charge < -0.3 is 20.3 Å². The Labute approximate surface area is 172 Å². The van der Waals surface area contributed by atoms with E-state index in [4.69, 9.17) is 10.5 Å². The molecule has 2 aliphatic heterocycles. The van der Waals surface area contributed by atoms with Crippen LogP contribution in [0.4, 0.5) is 16.2 Å². The lowest BCUT2D eigenvalue weighted by molar-refractivity contribution is -0.00654. The lowest BCUT2D eigenvalue weighted by Gasteiger charge is -2.51. The fraction of sp³-hybridized carbons (Fsp3) is 0.545. The molecule has 1 aromatic heterocycles. The first-order valence-corrected chi connectivity index (χ1v) is 10.3. The standard InChI is InChI=1S/C22H31N5O2/c1-15-12-26(19-8-7-18(23)20-17(19)6-5-9-24-20)14-16-13-25(10-11-27(15)16)21(28)29-22(2,3)4/h5-9,15-16H,10-14,23H2,1-4H3/t15-,16+/m1/s1. The Morgan fingerprint density at radius 3 is 2.72 bits per heavy atom. The molecule has 2 aliphatic rings. The van der Waals surface area contributed by atoms with Gasteiger partial charge in [0.1, 0.15) is 5.60 Å². The Balaban J connectivity index is 1.56. The first-order valence-electron chi connectivity index (χ1n) is 10.3. The second-order valence-corrected chi connectivity index (χ2v) is 9.15. The SMILES string of the molecule is C[C@@H]1CN(c2ccc(N)c3ncccc23)C[C@@H]2CN(C(=O)OC(C)(C)C)CCN21. The van der Waals surface area contributed by atoms with E-state index >= 15 is 0 Å². The Hall–Kier alpha value is -2.54. The number of pyridine rings is 1. The first-order chi connectivity index (χ1) is 13.7. The van der Waals surface area contributed by atoms with E-state index in [2.05, 4.69) is 33.8 Å². The summed E-state index contributed by atoms with van der Waals surface area (Å²) in [6.07, 6.45) is 1.56. The third kappa shape index (κ3) is 3.96. The Morgan fingerprint density at radius 2 is 1.97 bits per heavy atom. The van der Waals surface area contributed by atoms with Crippen LogP contribution in [0.1, 0.15) is 27.7 Å². The molecule has 0 spiro atoms. The predicted octanol–water partition coefficient (Wildman–Crippen LogP) is 2.95. The molecular formula is C22H31N5O2. The molecule has 0 unspecified atom stereocenters. The van der Waals surface area contributed by atoms with Crippen LogP contribution in [-0.4, -0.2) is 71.3 Å². The molecule has 7 heteroatoms. The Morgan fingerprint density at radius 1 is 1.17 bits per heavy atom. The summed E-state index contributed by atoms with van der Waals surface area (Å²) >= 11 is 0. The number of piperazine rings is 2. The largest absolute Gasteiger partial charge is 0.444 e. The lowest BCUT2D eigenvalue weighted by Crippen LogP contribution is -2.66. The normalized spacial score (nSPS) is 23.2. The number of anilines is 2. The van der Waals surface area contributed by atoms with E-state index in [1.807, 2.05) is 37.8 Å². The van der Waals surface area contributed by atoms with Gasteiger partial charge in [-0.2, -0.15) is 0 Å². The zero-order valence-electron chi connectivity index (χ0n) is 17.8. The summed E-state index contributed by atoms with van der Waals surface area (Å²) in [7, 11) is 0. The van der Waals surface area contributed by atoms with Crippen LogP contribution < -0.4 is 10.6 Å². The highest BCUT2D eigenvalue weighted by Gasteiger charge is 2.38. The zero-order valence-corrected chi connectivity index (χ0v) is 17.8. The Bertz CT molecular complexity index is 910. The molecule has 2 N–H and O–H groups in total. The monoisotopic (exact) mass is 397 g/mol. The van der Waals surface area contributed by atoms with Crippen molar-refractivity contribution in [1.82, 2.24) is 14.8 Å². The molecule has 4 rings (SSSR count). The number of fused-ring (bicyclic) bond motifs is 2. The number of nitrogen functional groups attached to an aromatic ring is 1. The number of nitrogens with zero attached hydrogens (tertiary/aromatic N) is 4. The average molecular weight is 398 g/mol. The maximum absolute atomic E-state index is 12.6. The van der Waals surface area contributed by atoms with Crippen LogP contribution in [0.25, 0.3) is 10.9 Å². The van der Waals surface area contributed by atoms with E-state index in [9.17, 15) is 4.79 Å². The molecule has 2 fully saturated rings. The summed E-state index contributed by atoms with van der Waals surface area (Å²) in [6, 6.07) is 8.74. The molecule has 0 aliphatic carbocycles. The van der Waals surface area contributed by atoms with E-state index in [1.54, 1.807) is 6.20 Å². The number of ether oxygens (including phenoxy) is 1. The van der Waals surface area contributed by atoms with Gasteiger partial charge in [0.2, 0.25) is 0 Å². The first kappa shape index (κ1) is 19.8. The third-order valence-electron chi connectivity index (χ3n) is 5.78. The van der Waals surface area contributed by atoms with E-state index in [0.717, 1.165) is 36.2 Å². The summed E-state index contributed by atoms with van der Waals surface area (Å²) in [5, 5.41) is 1.08. The quantitative estimate of drug-likeness (QED) is 0.746. The lowest BCUT2D eigenvalue weighted by atomic mass is 10.0. The van der Waals surface area contributed by atoms with E-state index in [0.29, 0.717) is 24.8 Å². The van der Waals surface area contributed by atoms with Crippen molar-refractivity contribution < 1.29 is 9.53 Å². The van der Waals surface area contributed by atoms with Crippen molar-refractivity contribution in [1.29, 1.82) is 0 Å². The molecule has 0 bridgehead atoms. The number of carbonyl (C=O) groups excluding carboxylic acids is 1. The molecule has 156 valence electrons. The van der Waals surface area contributed by atoms with Crippen molar-refractivity contribution in [3.05, 3.63) is 30.5 Å². The predicted molar refractivity (Wildman–Crippen MR) is 116 cm³/mol. The maximum Gasteiger partial charge on any atom is 0.410 e. The second kappa shape index (κ2) is 7.37. The van der Waals surface area contributed by atoms with Crippen molar-refractivity contribution in [3.8, 4) is 0 Å². The molecule has 2 atom stereocenters. The topological polar surface area (TPSA) is 74.9 Å². The van der Waals surface area contributed by atoms with Gasteiger partial charge in [-0.15, -0.1) is 0 Å². The van der Waals surface area contributed by atoms with Gasteiger partial charge in [-0.05, 0) is 52.0 Å². The van der Waals surface area contributed by atoms with Crippen LogP contribution in [0.5, 0.6) is 0 Å². The summed E-state index contributed by atoms with van der Waals surface area (Å²) in [6.45, 7) is 12.1. The molecule has 29 heavy (non-hydrogen) atoms. The molecular weight excluding hydrogens is 366 g/mol. The second-order valence-electron chi connectivity index (χ2n) is 9.15. The van der Waals surface area contributed by atoms with Crippen LogP contribution in [0.15, 0.2) is 30.5 Å². The van der Waals surface area contributed by atoms with Gasteiger partial charge in [0.05, 0.1) is 11.2 Å². The van der Waals surface area contributed by atoms with Gasteiger partial charge in [-0.25, -0.2) is 4.79 Å². The zero-order chi connectivity index (χ0) is 20.8. The smallest absolute Gasteiger partial charge is 0.410 e. The van der Waals surface area contributed by atoms with Gasteiger partial charge in [-0.1, -0.05) is 0 Å². The minimum Gasteiger partial charge on any atom is -0.444 e. The average Bonchev–Trinajstić information content (AvgIpc) is 2.66. The minimum atomic E-state index is -0.476. The number of nitrogens with two attached hydrogens (primary N) is 1. The number of amides is 1. The van der Waals surface area contributed by atoms with Crippen LogP contribution in [0, 0.1) is 0 Å². The minimum absolute atomic E-state index is 0.218. The fourth-order valence-corrected chi connectivity index (χ4v) is 4.51. The van der Waals surface area contributed by atoms with Crippen molar-refractivity contribution >= 4 is 28.4 Å². The van der Waals surface area contributed by atoms with Gasteiger partial charge in [0.25, 0.3) is 0 Å². The van der Waals surface area contributed by atoms with E-state index < -0.39 is 5.60 Å². The molecule has 2 aromatic rings. The molecule has 2 saturated heterocycles. The summed E-state index contributed by atoms with van der Waals surface area (Å²) < 4.78 is 5.60. The number of hydrogen-bond donors (Lipinski definition) is 1. The fourth-order valence-electron chi connectivity index (χ4n) is 4.51. The highest BCUT2D eigenvalue weighted by atomic mass is 16.6. The number of aromatic nitrogens is 1. The van der Waals surface area contributed by atoms with Gasteiger partial charge in [0, 0.05) is 62.1 Å². The highest BCUT2D eigenvalue weighted by molar-refractivity contribution is 5.98. The van der Waals surface area contributed by atoms with Gasteiger partial charge in [0.15, 0.2) is 0 Å². The van der Waals surface area contributed by atoms with Crippen molar-refractivity contribution in [2.24, 2.45) is 0 Å². The number of carbonyl (C=O) groups is 1. The maximum atomic E-state index is 12.6. The molecule has 1 amide bonds. The van der Waals surface area contributed by atoms with Crippen molar-refractivity contribution in [2.45, 2.75) is 45.4 Å². The van der Waals surface area contributed by atoms with Gasteiger partial charge >= 0.3 is 6.09 Å². The van der Waals surface area contributed by atoms with Crippen LogP contribution in [0.3, 0.4) is 0 Å². The Kier molecular flexibility index (Phi) is 5.02. The van der Waals surface area contributed by atoms with Crippen molar-refractivity contribution in [3.63, 3.8) is 0 Å². The number of rotatable bonds is 1. The summed E-state index contributed by atoms with van der Waals surface area (Å²) in [5.41, 5.74) is 8.37. The summed E-state index contributed by atoms with van der Waals surface area (Å²) in [5.74, 6) is 0. The van der Waals surface area contributed by atoms with Crippen LogP contribution in [0.2, 0.25) is 0 Å². The molecule has 0 saturated carbocycles. The van der Waals surface area contributed by atoms with Crippen molar-refractivity contribution in [2.75, 3.05) is 43.4 Å². The third-order valence-corrected chi connectivity index (χ3v) is 5.78. The molecule has 3 heterocycles. The van der Waals surface area contributed by atoms with E-state index in [-0.39, 0.29) is 12.1 Å². The number of benzene rings is 1. The number of hydrogen-bond acceptors (Lipinski definition) is 6. The van der Waals surface area contributed by atoms with Crippen LogP contribution >= 0.6 is 0 Å². The summed E-state index contributed by atoms with van der Waals surface area (Å²) in [4.78, 5) is 23.8. The molecule has 1 aromatic carbocycles. The van der Waals surface area contributed by atoms with Gasteiger partial charge in [-0.3, -0.25) is 9.88 Å². The van der Waals surface area contributed by atoms with Crippen LogP contribution in [-0.2, 0) is 4.74 Å². The van der Waals surface area contributed by atoms with E-state index in [1.165, 1.54) is 0 Å². The molecule has 7 nitrogen and oxygen atoms in total. The highest BCUT2D eigenvalue weighted by Crippen LogP contribution is 2.32. The molecule has 0 radical (unpaired) electrons.